The van der Waals surface area contributed by atoms with Crippen LogP contribution in [0.4, 0.5) is 10.2 Å². The molecule has 106 valence electrons. The molecule has 0 fully saturated rings. The van der Waals surface area contributed by atoms with Crippen molar-refractivity contribution in [2.75, 3.05) is 5.73 Å². The van der Waals surface area contributed by atoms with Gasteiger partial charge in [-0.05, 0) is 29.8 Å². The highest BCUT2D eigenvalue weighted by molar-refractivity contribution is 9.10. The van der Waals surface area contributed by atoms with E-state index in [0.29, 0.717) is 17.1 Å². The first-order chi connectivity index (χ1) is 10.1. The summed E-state index contributed by atoms with van der Waals surface area (Å²) in [7, 11) is 1.75. The highest BCUT2D eigenvalue weighted by Crippen LogP contribution is 2.37. The molecule has 0 unspecified atom stereocenters. The van der Waals surface area contributed by atoms with Gasteiger partial charge in [0.05, 0.1) is 5.56 Å². The molecular formula is C16H13BrFN3. The molecule has 0 aliphatic heterocycles. The van der Waals surface area contributed by atoms with Crippen molar-refractivity contribution in [1.29, 1.82) is 0 Å². The first kappa shape index (κ1) is 13.8. The molecular weight excluding hydrogens is 333 g/mol. The predicted molar refractivity (Wildman–Crippen MR) is 86.2 cm³/mol. The molecule has 0 aliphatic carbocycles. The van der Waals surface area contributed by atoms with E-state index < -0.39 is 0 Å². The molecule has 0 aliphatic rings. The van der Waals surface area contributed by atoms with Crippen LogP contribution in [0.25, 0.3) is 22.4 Å². The number of hydrogen-bond donors (Lipinski definition) is 1. The fraction of sp³-hybridized carbons (Fsp3) is 0.0625. The number of aromatic nitrogens is 2. The maximum atomic E-state index is 14.1. The van der Waals surface area contributed by atoms with E-state index in [1.54, 1.807) is 29.9 Å². The number of anilines is 1. The van der Waals surface area contributed by atoms with Gasteiger partial charge in [-0.25, -0.2) is 4.39 Å². The van der Waals surface area contributed by atoms with Crippen LogP contribution in [0.1, 0.15) is 0 Å². The van der Waals surface area contributed by atoms with Gasteiger partial charge in [-0.1, -0.05) is 40.2 Å². The first-order valence-corrected chi connectivity index (χ1v) is 7.20. The van der Waals surface area contributed by atoms with Crippen molar-refractivity contribution in [3.8, 4) is 22.4 Å². The Morgan fingerprint density at radius 2 is 1.90 bits per heavy atom. The van der Waals surface area contributed by atoms with E-state index in [0.717, 1.165) is 15.6 Å². The summed E-state index contributed by atoms with van der Waals surface area (Å²) < 4.78 is 16.6. The van der Waals surface area contributed by atoms with Crippen LogP contribution >= 0.6 is 15.9 Å². The molecule has 2 aromatic carbocycles. The van der Waals surface area contributed by atoms with E-state index in [1.165, 1.54) is 6.07 Å². The Morgan fingerprint density at radius 1 is 1.14 bits per heavy atom. The minimum absolute atomic E-state index is 0.313. The zero-order chi connectivity index (χ0) is 15.0. The Labute approximate surface area is 130 Å². The fourth-order valence-electron chi connectivity index (χ4n) is 2.31. The molecule has 0 atom stereocenters. The maximum Gasteiger partial charge on any atom is 0.132 e. The number of hydrogen-bond acceptors (Lipinski definition) is 2. The van der Waals surface area contributed by atoms with Crippen LogP contribution < -0.4 is 5.73 Å². The topological polar surface area (TPSA) is 43.8 Å². The van der Waals surface area contributed by atoms with Crippen LogP contribution in [0.3, 0.4) is 0 Å². The van der Waals surface area contributed by atoms with Gasteiger partial charge in [0.25, 0.3) is 0 Å². The van der Waals surface area contributed by atoms with Gasteiger partial charge < -0.3 is 5.73 Å². The second kappa shape index (κ2) is 5.33. The summed E-state index contributed by atoms with van der Waals surface area (Å²) in [5, 5.41) is 4.38. The molecule has 1 aromatic heterocycles. The molecule has 1 heterocycles. The van der Waals surface area contributed by atoms with Crippen LogP contribution in [0.5, 0.6) is 0 Å². The number of nitrogens with two attached hydrogens (primary N) is 1. The third-order valence-electron chi connectivity index (χ3n) is 3.33. The van der Waals surface area contributed by atoms with Crippen molar-refractivity contribution in [2.24, 2.45) is 7.05 Å². The second-order valence-corrected chi connectivity index (χ2v) is 5.64. The van der Waals surface area contributed by atoms with Gasteiger partial charge in [0.2, 0.25) is 0 Å². The third kappa shape index (κ3) is 2.45. The molecule has 3 rings (SSSR count). The standard InChI is InChI=1S/C16H13BrFN3/c1-21-16(19)14(10-5-4-6-11(17)9-10)15(20-21)12-7-2-3-8-13(12)18/h2-9H,19H2,1H3. The zero-order valence-corrected chi connectivity index (χ0v) is 12.9. The normalized spacial score (nSPS) is 10.8. The van der Waals surface area contributed by atoms with Crippen molar-refractivity contribution in [3.05, 3.63) is 58.8 Å². The summed E-state index contributed by atoms with van der Waals surface area (Å²) in [5.74, 6) is 0.193. The Balaban J connectivity index is 2.29. The average molecular weight is 346 g/mol. The molecule has 2 N–H and O–H groups in total. The number of aryl methyl sites for hydroxylation is 1. The fourth-order valence-corrected chi connectivity index (χ4v) is 2.71. The Hall–Kier alpha value is -2.14. The molecule has 0 bridgehead atoms. The second-order valence-electron chi connectivity index (χ2n) is 4.72. The summed E-state index contributed by atoms with van der Waals surface area (Å²) in [6, 6.07) is 14.3. The highest BCUT2D eigenvalue weighted by Gasteiger charge is 2.19. The number of halogens is 2. The number of benzene rings is 2. The molecule has 0 saturated carbocycles. The molecule has 0 saturated heterocycles. The van der Waals surface area contributed by atoms with Crippen LogP contribution in [-0.2, 0) is 7.05 Å². The van der Waals surface area contributed by atoms with Gasteiger partial charge >= 0.3 is 0 Å². The number of rotatable bonds is 2. The lowest BCUT2D eigenvalue weighted by molar-refractivity contribution is 0.630. The third-order valence-corrected chi connectivity index (χ3v) is 3.83. The molecule has 3 nitrogen and oxygen atoms in total. The lowest BCUT2D eigenvalue weighted by Crippen LogP contribution is -1.97. The molecule has 21 heavy (non-hydrogen) atoms. The van der Waals surface area contributed by atoms with Crippen molar-refractivity contribution < 1.29 is 4.39 Å². The Kier molecular flexibility index (Phi) is 3.51. The largest absolute Gasteiger partial charge is 0.383 e. The van der Waals surface area contributed by atoms with Gasteiger partial charge in [-0.3, -0.25) is 4.68 Å². The predicted octanol–water partition coefficient (Wildman–Crippen LogP) is 4.24. The van der Waals surface area contributed by atoms with E-state index >= 15 is 0 Å². The summed E-state index contributed by atoms with van der Waals surface area (Å²) in [5.41, 5.74) is 8.76. The highest BCUT2D eigenvalue weighted by atomic mass is 79.9. The van der Waals surface area contributed by atoms with Gasteiger partial charge in [0, 0.05) is 17.1 Å². The quantitative estimate of drug-likeness (QED) is 0.754. The smallest absolute Gasteiger partial charge is 0.132 e. The van der Waals surface area contributed by atoms with E-state index in [-0.39, 0.29) is 5.82 Å². The van der Waals surface area contributed by atoms with E-state index in [9.17, 15) is 4.39 Å². The van der Waals surface area contributed by atoms with Crippen LogP contribution in [0, 0.1) is 5.82 Å². The Bertz CT molecular complexity index is 811. The van der Waals surface area contributed by atoms with Gasteiger partial charge in [-0.2, -0.15) is 5.10 Å². The van der Waals surface area contributed by atoms with E-state index in [1.807, 2.05) is 24.3 Å². The van der Waals surface area contributed by atoms with E-state index in [4.69, 9.17) is 5.73 Å². The minimum Gasteiger partial charge on any atom is -0.383 e. The minimum atomic E-state index is -0.313. The molecule has 3 aromatic rings. The van der Waals surface area contributed by atoms with Crippen molar-refractivity contribution in [1.82, 2.24) is 9.78 Å². The lowest BCUT2D eigenvalue weighted by Gasteiger charge is -2.06. The summed E-state index contributed by atoms with van der Waals surface area (Å²) in [4.78, 5) is 0. The monoisotopic (exact) mass is 345 g/mol. The van der Waals surface area contributed by atoms with Gasteiger partial charge in [0.1, 0.15) is 17.3 Å². The van der Waals surface area contributed by atoms with Crippen molar-refractivity contribution in [2.45, 2.75) is 0 Å². The molecule has 0 spiro atoms. The number of nitrogens with zero attached hydrogens (tertiary/aromatic N) is 2. The van der Waals surface area contributed by atoms with Crippen molar-refractivity contribution in [3.63, 3.8) is 0 Å². The summed E-state index contributed by atoms with van der Waals surface area (Å²) >= 11 is 3.44. The van der Waals surface area contributed by atoms with Crippen LogP contribution in [0.2, 0.25) is 0 Å². The van der Waals surface area contributed by atoms with Gasteiger partial charge in [-0.15, -0.1) is 0 Å². The average Bonchev–Trinajstić information content (AvgIpc) is 2.75. The van der Waals surface area contributed by atoms with Gasteiger partial charge in [0.15, 0.2) is 0 Å². The Morgan fingerprint density at radius 3 is 2.62 bits per heavy atom. The molecule has 0 amide bonds. The lowest BCUT2D eigenvalue weighted by atomic mass is 10.0. The maximum absolute atomic E-state index is 14.1. The SMILES string of the molecule is Cn1nc(-c2ccccc2F)c(-c2cccc(Br)c2)c1N. The van der Waals surface area contributed by atoms with Crippen LogP contribution in [0.15, 0.2) is 53.0 Å². The first-order valence-electron chi connectivity index (χ1n) is 6.41. The summed E-state index contributed by atoms with van der Waals surface area (Å²) in [6.45, 7) is 0. The van der Waals surface area contributed by atoms with Crippen LogP contribution in [-0.4, -0.2) is 9.78 Å². The summed E-state index contributed by atoms with van der Waals surface area (Å²) in [6.07, 6.45) is 0. The number of nitrogen functional groups attached to an aromatic ring is 1. The van der Waals surface area contributed by atoms with Crippen molar-refractivity contribution >= 4 is 21.7 Å². The van der Waals surface area contributed by atoms with E-state index in [2.05, 4.69) is 21.0 Å². The molecule has 5 heteroatoms. The molecule has 0 radical (unpaired) electrons. The zero-order valence-electron chi connectivity index (χ0n) is 11.3.